The first-order valence-corrected chi connectivity index (χ1v) is 5.32. The van der Waals surface area contributed by atoms with E-state index in [1.54, 1.807) is 31.8 Å². The molecule has 1 atom stereocenters. The number of carbonyl (C=O) groups is 1. The molecule has 1 aromatic rings. The number of rotatable bonds is 3. The van der Waals surface area contributed by atoms with Crippen LogP contribution in [0.2, 0.25) is 0 Å². The summed E-state index contributed by atoms with van der Waals surface area (Å²) in [6, 6.07) is 1.48. The van der Waals surface area contributed by atoms with Crippen molar-refractivity contribution in [1.82, 2.24) is 14.7 Å². The van der Waals surface area contributed by atoms with E-state index >= 15 is 0 Å². The molecule has 0 aliphatic rings. The molecule has 0 aliphatic carbocycles. The number of nitrogens with two attached hydrogens (primary N) is 1. The average Bonchev–Trinajstić information content (AvgIpc) is 2.54. The van der Waals surface area contributed by atoms with E-state index in [1.807, 2.05) is 6.92 Å². The second-order valence-corrected chi connectivity index (χ2v) is 4.26. The van der Waals surface area contributed by atoms with Gasteiger partial charge in [-0.2, -0.15) is 5.10 Å². The molecule has 88 valence electrons. The van der Waals surface area contributed by atoms with E-state index in [1.165, 1.54) is 4.90 Å². The van der Waals surface area contributed by atoms with Gasteiger partial charge in [0.05, 0.1) is 16.7 Å². The molecule has 0 fully saturated rings. The van der Waals surface area contributed by atoms with Crippen LogP contribution in [0.1, 0.15) is 23.1 Å². The zero-order valence-corrected chi connectivity index (χ0v) is 10.7. The quantitative estimate of drug-likeness (QED) is 0.780. The fourth-order valence-electron chi connectivity index (χ4n) is 1.36. The number of nitrogens with zero attached hydrogens (tertiary/aromatic N) is 3. The lowest BCUT2D eigenvalue weighted by Gasteiger charge is -2.23. The van der Waals surface area contributed by atoms with Gasteiger partial charge in [-0.3, -0.25) is 9.48 Å². The smallest absolute Gasteiger partial charge is 0.272 e. The van der Waals surface area contributed by atoms with Gasteiger partial charge >= 0.3 is 0 Å². The number of carbonyl (C=O) groups excluding carboxylic acids is 1. The molecule has 6 heteroatoms. The van der Waals surface area contributed by atoms with E-state index in [2.05, 4.69) is 5.10 Å². The molecule has 1 unspecified atom stereocenters. The minimum absolute atomic E-state index is 0.136. The molecule has 0 saturated heterocycles. The highest BCUT2D eigenvalue weighted by molar-refractivity contribution is 7.80. The van der Waals surface area contributed by atoms with Gasteiger partial charge < -0.3 is 10.6 Å². The van der Waals surface area contributed by atoms with Crippen LogP contribution >= 0.6 is 12.2 Å². The SMILES string of the molecule is Cc1cc(C(=O)N(C)C(C)C(N)=S)n(C)n1. The molecule has 1 rings (SSSR count). The van der Waals surface area contributed by atoms with Crippen LogP contribution in [0.3, 0.4) is 0 Å². The predicted octanol–water partition coefficient (Wildman–Crippen LogP) is 0.475. The first-order valence-electron chi connectivity index (χ1n) is 4.91. The van der Waals surface area contributed by atoms with Crippen molar-refractivity contribution in [1.29, 1.82) is 0 Å². The van der Waals surface area contributed by atoms with Crippen LogP contribution < -0.4 is 5.73 Å². The highest BCUT2D eigenvalue weighted by Gasteiger charge is 2.21. The Labute approximate surface area is 100 Å². The number of aromatic nitrogens is 2. The fourth-order valence-corrected chi connectivity index (χ4v) is 1.52. The summed E-state index contributed by atoms with van der Waals surface area (Å²) in [5.41, 5.74) is 6.85. The highest BCUT2D eigenvalue weighted by atomic mass is 32.1. The van der Waals surface area contributed by atoms with Gasteiger partial charge in [-0.15, -0.1) is 0 Å². The van der Waals surface area contributed by atoms with Gasteiger partial charge in [0.15, 0.2) is 0 Å². The zero-order valence-electron chi connectivity index (χ0n) is 9.89. The van der Waals surface area contributed by atoms with Crippen molar-refractivity contribution >= 4 is 23.1 Å². The topological polar surface area (TPSA) is 64.2 Å². The molecule has 0 aliphatic heterocycles. The van der Waals surface area contributed by atoms with Gasteiger partial charge in [0, 0.05) is 14.1 Å². The summed E-state index contributed by atoms with van der Waals surface area (Å²) < 4.78 is 1.56. The van der Waals surface area contributed by atoms with Crippen LogP contribution in [0.25, 0.3) is 0 Å². The van der Waals surface area contributed by atoms with E-state index in [0.29, 0.717) is 10.7 Å². The third kappa shape index (κ3) is 2.38. The monoisotopic (exact) mass is 240 g/mol. The molecular formula is C10H16N4OS. The number of hydrogen-bond donors (Lipinski definition) is 1. The lowest BCUT2D eigenvalue weighted by atomic mass is 10.2. The van der Waals surface area contributed by atoms with Crippen molar-refractivity contribution in [3.63, 3.8) is 0 Å². The lowest BCUT2D eigenvalue weighted by Crippen LogP contribution is -2.43. The predicted molar refractivity (Wildman–Crippen MR) is 66.3 cm³/mol. The molecule has 0 radical (unpaired) electrons. The van der Waals surface area contributed by atoms with Gasteiger partial charge in [-0.05, 0) is 19.9 Å². The number of amides is 1. The number of thiocarbonyl (C=S) groups is 1. The van der Waals surface area contributed by atoms with Gasteiger partial charge in [0.25, 0.3) is 5.91 Å². The molecule has 0 spiro atoms. The Morgan fingerprint density at radius 2 is 2.25 bits per heavy atom. The number of likely N-dealkylation sites (N-methyl/N-ethyl adjacent to an activating group) is 1. The Kier molecular flexibility index (Phi) is 3.64. The van der Waals surface area contributed by atoms with E-state index in [9.17, 15) is 4.79 Å². The second kappa shape index (κ2) is 4.61. The molecular weight excluding hydrogens is 224 g/mol. The van der Waals surface area contributed by atoms with Gasteiger partial charge in [-0.25, -0.2) is 0 Å². The average molecular weight is 240 g/mol. The van der Waals surface area contributed by atoms with Gasteiger partial charge in [0.2, 0.25) is 0 Å². The first-order chi connectivity index (χ1) is 7.34. The van der Waals surface area contributed by atoms with Crippen LogP contribution in [0.4, 0.5) is 0 Å². The van der Waals surface area contributed by atoms with Crippen molar-refractivity contribution in [2.75, 3.05) is 7.05 Å². The van der Waals surface area contributed by atoms with Crippen LogP contribution in [-0.2, 0) is 7.05 Å². The summed E-state index contributed by atoms with van der Waals surface area (Å²) in [6.45, 7) is 3.64. The first kappa shape index (κ1) is 12.6. The molecule has 5 nitrogen and oxygen atoms in total. The Bertz CT molecular complexity index is 426. The Balaban J connectivity index is 2.94. The largest absolute Gasteiger partial charge is 0.392 e. The maximum Gasteiger partial charge on any atom is 0.272 e. The molecule has 16 heavy (non-hydrogen) atoms. The van der Waals surface area contributed by atoms with E-state index in [-0.39, 0.29) is 11.9 Å². The summed E-state index contributed by atoms with van der Waals surface area (Å²) >= 11 is 4.86. The van der Waals surface area contributed by atoms with Crippen LogP contribution in [0, 0.1) is 6.92 Å². The van der Waals surface area contributed by atoms with Gasteiger partial charge in [-0.1, -0.05) is 12.2 Å². The molecule has 2 N–H and O–H groups in total. The third-order valence-electron chi connectivity index (χ3n) is 2.53. The zero-order chi connectivity index (χ0) is 12.5. The second-order valence-electron chi connectivity index (χ2n) is 3.79. The lowest BCUT2D eigenvalue weighted by molar-refractivity contribution is 0.0768. The van der Waals surface area contributed by atoms with Crippen LogP contribution in [-0.4, -0.2) is 38.7 Å². The molecule has 0 bridgehead atoms. The van der Waals surface area contributed by atoms with E-state index < -0.39 is 0 Å². The molecule has 1 amide bonds. The summed E-state index contributed by atoms with van der Waals surface area (Å²) in [4.78, 5) is 13.9. The normalized spacial score (nSPS) is 12.2. The van der Waals surface area contributed by atoms with E-state index in [4.69, 9.17) is 18.0 Å². The fraction of sp³-hybridized carbons (Fsp3) is 0.500. The van der Waals surface area contributed by atoms with Crippen LogP contribution in [0.5, 0.6) is 0 Å². The molecule has 0 aromatic carbocycles. The third-order valence-corrected chi connectivity index (χ3v) is 2.88. The Morgan fingerprint density at radius 1 is 1.69 bits per heavy atom. The molecule has 0 saturated carbocycles. The minimum Gasteiger partial charge on any atom is -0.392 e. The Morgan fingerprint density at radius 3 is 2.62 bits per heavy atom. The maximum atomic E-state index is 12.1. The summed E-state index contributed by atoms with van der Waals surface area (Å²) in [5.74, 6) is -0.136. The summed E-state index contributed by atoms with van der Waals surface area (Å²) in [7, 11) is 3.41. The number of aryl methyl sites for hydroxylation is 2. The number of hydrogen-bond acceptors (Lipinski definition) is 3. The van der Waals surface area contributed by atoms with E-state index in [0.717, 1.165) is 5.69 Å². The van der Waals surface area contributed by atoms with Crippen molar-refractivity contribution in [3.8, 4) is 0 Å². The van der Waals surface area contributed by atoms with Crippen molar-refractivity contribution in [2.45, 2.75) is 19.9 Å². The molecule has 1 aromatic heterocycles. The maximum absolute atomic E-state index is 12.1. The van der Waals surface area contributed by atoms with Crippen molar-refractivity contribution in [3.05, 3.63) is 17.5 Å². The van der Waals surface area contributed by atoms with Gasteiger partial charge in [0.1, 0.15) is 5.69 Å². The Hall–Kier alpha value is -1.43. The standard InChI is InChI=1S/C10H16N4OS/c1-6-5-8(14(4)12-6)10(15)13(3)7(2)9(11)16/h5,7H,1-4H3,(H2,11,16). The van der Waals surface area contributed by atoms with Crippen molar-refractivity contribution in [2.24, 2.45) is 12.8 Å². The minimum atomic E-state index is -0.266. The van der Waals surface area contributed by atoms with Crippen molar-refractivity contribution < 1.29 is 4.79 Å². The summed E-state index contributed by atoms with van der Waals surface area (Å²) in [5, 5.41) is 4.12. The van der Waals surface area contributed by atoms with Crippen LogP contribution in [0.15, 0.2) is 6.07 Å². The molecule has 1 heterocycles. The highest BCUT2D eigenvalue weighted by Crippen LogP contribution is 2.08. The summed E-state index contributed by atoms with van der Waals surface area (Å²) in [6.07, 6.45) is 0.